The first-order valence-corrected chi connectivity index (χ1v) is 7.97. The minimum absolute atomic E-state index is 0.0153. The predicted molar refractivity (Wildman–Crippen MR) is 82.0 cm³/mol. The van der Waals surface area contributed by atoms with Crippen LogP contribution in [0.15, 0.2) is 15.5 Å². The van der Waals surface area contributed by atoms with Gasteiger partial charge in [-0.3, -0.25) is 14.1 Å². The zero-order chi connectivity index (χ0) is 17.3. The van der Waals surface area contributed by atoms with Crippen LogP contribution in [0, 0.1) is 11.3 Å². The Morgan fingerprint density at radius 3 is 3.00 bits per heavy atom. The van der Waals surface area contributed by atoms with Crippen molar-refractivity contribution in [2.24, 2.45) is 0 Å². The Hall–Kier alpha value is -2.93. The SMILES string of the molecule is CC(=O)N1CCc2c(sc(NC(=O)C[n+]3cc(=O)o[nH]3)c2C#N)C1. The van der Waals surface area contributed by atoms with E-state index in [2.05, 4.69) is 21.2 Å². The van der Waals surface area contributed by atoms with E-state index in [1.54, 1.807) is 4.90 Å². The van der Waals surface area contributed by atoms with Crippen molar-refractivity contribution in [2.45, 2.75) is 26.4 Å². The zero-order valence-electron chi connectivity index (χ0n) is 12.8. The molecule has 2 aromatic rings. The van der Waals surface area contributed by atoms with Crippen molar-refractivity contribution in [2.75, 3.05) is 11.9 Å². The highest BCUT2D eigenvalue weighted by atomic mass is 32.1. The van der Waals surface area contributed by atoms with Crippen LogP contribution < -0.4 is 15.6 Å². The molecular formula is C14H14N5O4S+. The van der Waals surface area contributed by atoms with Crippen molar-refractivity contribution in [1.82, 2.24) is 10.2 Å². The lowest BCUT2D eigenvalue weighted by atomic mass is 10.0. The highest BCUT2D eigenvalue weighted by molar-refractivity contribution is 7.16. The Labute approximate surface area is 140 Å². The number of nitrogens with one attached hydrogen (secondary N) is 2. The van der Waals surface area contributed by atoms with Gasteiger partial charge in [-0.25, -0.2) is 4.79 Å². The first kappa shape index (κ1) is 15.9. The number of H-pyrrole nitrogens is 1. The Morgan fingerprint density at radius 2 is 2.38 bits per heavy atom. The van der Waals surface area contributed by atoms with E-state index in [1.165, 1.54) is 22.9 Å². The summed E-state index contributed by atoms with van der Waals surface area (Å²) in [7, 11) is 0. The minimum Gasteiger partial charge on any atom is -0.337 e. The average molecular weight is 348 g/mol. The van der Waals surface area contributed by atoms with Gasteiger partial charge in [0.15, 0.2) is 0 Å². The standard InChI is InChI=1S/C14H13N5O4S/c1-8(20)18-3-2-9-10(4-15)14(24-11(9)5-18)16-12(21)6-19-7-13(22)23-17-19/h7H,2-3,5-6H2,1H3,(H-,16,17,21,22)/p+1. The molecule has 3 rings (SSSR count). The normalized spacial score (nSPS) is 13.2. The van der Waals surface area contributed by atoms with Gasteiger partial charge in [0, 0.05) is 18.3 Å². The number of aromatic amines is 1. The molecule has 0 unspecified atom stereocenters. The van der Waals surface area contributed by atoms with Crippen molar-refractivity contribution in [3.8, 4) is 6.07 Å². The van der Waals surface area contributed by atoms with Crippen LogP contribution in [0.3, 0.4) is 0 Å². The fraction of sp³-hybridized carbons (Fsp3) is 0.357. The highest BCUT2D eigenvalue weighted by Gasteiger charge is 2.26. The Morgan fingerprint density at radius 1 is 1.58 bits per heavy atom. The van der Waals surface area contributed by atoms with Gasteiger partial charge in [0.05, 0.1) is 12.1 Å². The second-order valence-corrected chi connectivity index (χ2v) is 6.43. The number of anilines is 1. The van der Waals surface area contributed by atoms with Crippen LogP contribution in [0.1, 0.15) is 22.9 Å². The second kappa shape index (κ2) is 6.29. The first-order chi connectivity index (χ1) is 11.5. The summed E-state index contributed by atoms with van der Waals surface area (Å²) < 4.78 is 5.68. The fourth-order valence-corrected chi connectivity index (χ4v) is 3.79. The molecule has 9 nitrogen and oxygen atoms in total. The average Bonchev–Trinajstić information content (AvgIpc) is 3.08. The largest absolute Gasteiger partial charge is 0.426 e. The van der Waals surface area contributed by atoms with Crippen molar-refractivity contribution < 1.29 is 18.8 Å². The lowest BCUT2D eigenvalue weighted by molar-refractivity contribution is -0.750. The van der Waals surface area contributed by atoms with Crippen molar-refractivity contribution in [1.29, 1.82) is 5.26 Å². The molecule has 2 amide bonds. The number of rotatable bonds is 3. The molecule has 10 heteroatoms. The van der Waals surface area contributed by atoms with Crippen molar-refractivity contribution in [3.05, 3.63) is 32.6 Å². The number of fused-ring (bicyclic) bond motifs is 1. The number of hydrogen-bond acceptors (Lipinski definition) is 6. The molecule has 1 aliphatic rings. The van der Waals surface area contributed by atoms with Crippen molar-refractivity contribution in [3.63, 3.8) is 0 Å². The number of amides is 2. The summed E-state index contributed by atoms with van der Waals surface area (Å²) in [6, 6.07) is 2.13. The fourth-order valence-electron chi connectivity index (χ4n) is 2.56. The second-order valence-electron chi connectivity index (χ2n) is 5.33. The van der Waals surface area contributed by atoms with Crippen LogP contribution in [0.4, 0.5) is 5.00 Å². The molecule has 0 saturated heterocycles. The maximum absolute atomic E-state index is 12.1. The first-order valence-electron chi connectivity index (χ1n) is 7.16. The molecule has 0 aliphatic carbocycles. The quantitative estimate of drug-likeness (QED) is 0.739. The summed E-state index contributed by atoms with van der Waals surface area (Å²) in [5.74, 6) is -0.408. The van der Waals surface area contributed by atoms with Crippen LogP contribution in [0.5, 0.6) is 0 Å². The molecule has 0 saturated carbocycles. The molecule has 0 aromatic carbocycles. The minimum atomic E-state index is -0.587. The topological polar surface area (TPSA) is 123 Å². The van der Waals surface area contributed by atoms with E-state index in [0.717, 1.165) is 16.6 Å². The number of nitriles is 1. The van der Waals surface area contributed by atoms with Crippen LogP contribution in [0.25, 0.3) is 0 Å². The van der Waals surface area contributed by atoms with Crippen LogP contribution in [-0.2, 0) is 29.1 Å². The third-order valence-corrected chi connectivity index (χ3v) is 4.84. The van der Waals surface area contributed by atoms with Gasteiger partial charge >= 0.3 is 5.63 Å². The van der Waals surface area contributed by atoms with Crippen LogP contribution in [0.2, 0.25) is 0 Å². The third-order valence-electron chi connectivity index (χ3n) is 3.71. The van der Waals surface area contributed by atoms with Gasteiger partial charge in [-0.1, -0.05) is 4.68 Å². The van der Waals surface area contributed by atoms with Gasteiger partial charge in [-0.2, -0.15) is 5.26 Å². The number of aromatic nitrogens is 2. The maximum Gasteiger partial charge on any atom is 0.426 e. The molecule has 2 N–H and O–H groups in total. The van der Waals surface area contributed by atoms with E-state index in [9.17, 15) is 19.6 Å². The maximum atomic E-state index is 12.1. The molecule has 0 radical (unpaired) electrons. The molecule has 124 valence electrons. The zero-order valence-corrected chi connectivity index (χ0v) is 13.6. The molecular weight excluding hydrogens is 334 g/mol. The molecule has 0 fully saturated rings. The molecule has 3 heterocycles. The van der Waals surface area contributed by atoms with Gasteiger partial charge in [0.1, 0.15) is 11.1 Å². The summed E-state index contributed by atoms with van der Waals surface area (Å²) in [5, 5.41) is 14.8. The number of nitrogens with zero attached hydrogens (tertiary/aromatic N) is 3. The number of carbonyl (C=O) groups is 2. The summed E-state index contributed by atoms with van der Waals surface area (Å²) >= 11 is 1.30. The number of carbonyl (C=O) groups excluding carboxylic acids is 2. The van der Waals surface area contributed by atoms with Gasteiger partial charge in [0.2, 0.25) is 5.91 Å². The smallest absolute Gasteiger partial charge is 0.337 e. The molecule has 0 atom stereocenters. The highest BCUT2D eigenvalue weighted by Crippen LogP contribution is 2.36. The molecule has 24 heavy (non-hydrogen) atoms. The molecule has 0 spiro atoms. The lowest BCUT2D eigenvalue weighted by Crippen LogP contribution is -2.41. The monoisotopic (exact) mass is 348 g/mol. The molecule has 2 aromatic heterocycles. The van der Waals surface area contributed by atoms with E-state index < -0.39 is 11.5 Å². The van der Waals surface area contributed by atoms with Crippen LogP contribution in [-0.4, -0.2) is 28.5 Å². The van der Waals surface area contributed by atoms with E-state index in [-0.39, 0.29) is 12.5 Å². The lowest BCUT2D eigenvalue weighted by Gasteiger charge is -2.25. The van der Waals surface area contributed by atoms with Gasteiger partial charge < -0.3 is 10.2 Å². The van der Waals surface area contributed by atoms with Gasteiger partial charge in [-0.15, -0.1) is 11.3 Å². The van der Waals surface area contributed by atoms with E-state index in [1.807, 2.05) is 0 Å². The summed E-state index contributed by atoms with van der Waals surface area (Å²) in [6.07, 6.45) is 1.71. The molecule has 0 bridgehead atoms. The van der Waals surface area contributed by atoms with Gasteiger partial charge in [-0.05, 0) is 17.3 Å². The summed E-state index contributed by atoms with van der Waals surface area (Å²) in [4.78, 5) is 37.1. The van der Waals surface area contributed by atoms with Crippen molar-refractivity contribution >= 4 is 28.2 Å². The molecule has 1 aliphatic heterocycles. The Bertz CT molecular complexity index is 903. The Balaban J connectivity index is 1.79. The van der Waals surface area contributed by atoms with Crippen LogP contribution >= 0.6 is 11.3 Å². The van der Waals surface area contributed by atoms with E-state index in [0.29, 0.717) is 30.1 Å². The number of hydrogen-bond donors (Lipinski definition) is 2. The third kappa shape index (κ3) is 3.07. The van der Waals surface area contributed by atoms with Gasteiger partial charge in [0.25, 0.3) is 18.6 Å². The Kier molecular flexibility index (Phi) is 4.18. The predicted octanol–water partition coefficient (Wildman–Crippen LogP) is -0.268. The van der Waals surface area contributed by atoms with E-state index in [4.69, 9.17) is 0 Å². The summed E-state index contributed by atoms with van der Waals surface area (Å²) in [5.41, 5.74) is 0.744. The number of thiophene rings is 1. The summed E-state index contributed by atoms with van der Waals surface area (Å²) in [6.45, 7) is 2.38. The van der Waals surface area contributed by atoms with E-state index >= 15 is 0 Å².